The summed E-state index contributed by atoms with van der Waals surface area (Å²) in [6.45, 7) is 9.04. The number of hydrogen-bond acceptors (Lipinski definition) is 6. The number of amides is 1. The summed E-state index contributed by atoms with van der Waals surface area (Å²) in [7, 11) is 2.09. The Kier molecular flexibility index (Phi) is 7.87. The van der Waals surface area contributed by atoms with Gasteiger partial charge in [0.1, 0.15) is 5.82 Å². The van der Waals surface area contributed by atoms with Crippen LogP contribution in [-0.2, 0) is 11.3 Å². The summed E-state index contributed by atoms with van der Waals surface area (Å²) in [4.78, 5) is 34.3. The molecule has 2 aliphatic heterocycles. The van der Waals surface area contributed by atoms with Crippen LogP contribution >= 0.6 is 0 Å². The third-order valence-corrected chi connectivity index (χ3v) is 7.32. The summed E-state index contributed by atoms with van der Waals surface area (Å²) in [6, 6.07) is 12.4. The van der Waals surface area contributed by atoms with E-state index in [2.05, 4.69) is 32.0 Å². The van der Waals surface area contributed by atoms with Crippen molar-refractivity contribution in [1.29, 1.82) is 0 Å². The number of hydrogen-bond donors (Lipinski definition) is 2. The molecule has 3 aromatic rings. The van der Waals surface area contributed by atoms with Gasteiger partial charge >= 0.3 is 0 Å². The molecule has 3 heterocycles. The zero-order valence-electron chi connectivity index (χ0n) is 21.9. The molecular weight excluding hydrogens is 485 g/mol. The molecule has 0 atom stereocenters. The first-order valence-corrected chi connectivity index (χ1v) is 13.0. The molecule has 200 valence electrons. The Bertz CT molecular complexity index is 1360. The first-order chi connectivity index (χ1) is 18.4. The van der Waals surface area contributed by atoms with Crippen molar-refractivity contribution in [2.24, 2.45) is 0 Å². The Morgan fingerprint density at radius 2 is 1.79 bits per heavy atom. The third-order valence-electron chi connectivity index (χ3n) is 7.32. The number of halogens is 1. The molecule has 2 saturated heterocycles. The highest BCUT2D eigenvalue weighted by molar-refractivity contribution is 6.07. The molecule has 38 heavy (non-hydrogen) atoms. The Morgan fingerprint density at radius 3 is 2.53 bits per heavy atom. The number of carbonyl (C=O) groups is 1. The number of nitrogens with zero attached hydrogens (tertiary/aromatic N) is 3. The maximum atomic E-state index is 15.1. The summed E-state index contributed by atoms with van der Waals surface area (Å²) >= 11 is 0. The first kappa shape index (κ1) is 26.1. The van der Waals surface area contributed by atoms with Gasteiger partial charge in [0, 0.05) is 63.6 Å². The fourth-order valence-electron chi connectivity index (χ4n) is 5.04. The van der Waals surface area contributed by atoms with Gasteiger partial charge in [-0.25, -0.2) is 4.39 Å². The molecule has 9 heteroatoms. The van der Waals surface area contributed by atoms with Gasteiger partial charge in [-0.15, -0.1) is 0 Å². The average molecular weight is 520 g/mol. The van der Waals surface area contributed by atoms with E-state index < -0.39 is 0 Å². The summed E-state index contributed by atoms with van der Waals surface area (Å²) < 4.78 is 20.6. The molecule has 2 N–H and O–H groups in total. The van der Waals surface area contributed by atoms with E-state index in [1.165, 1.54) is 18.3 Å². The molecule has 0 radical (unpaired) electrons. The number of aromatic amines is 1. The van der Waals surface area contributed by atoms with Gasteiger partial charge in [0.15, 0.2) is 0 Å². The maximum Gasteiger partial charge on any atom is 0.257 e. The minimum Gasteiger partial charge on any atom is -0.379 e. The van der Waals surface area contributed by atoms with Crippen molar-refractivity contribution >= 4 is 17.3 Å². The van der Waals surface area contributed by atoms with E-state index >= 15 is 4.39 Å². The molecular formula is C29H34FN5O3. The van der Waals surface area contributed by atoms with Gasteiger partial charge in [0.05, 0.1) is 30.2 Å². The van der Waals surface area contributed by atoms with Crippen molar-refractivity contribution in [2.45, 2.75) is 13.5 Å². The van der Waals surface area contributed by atoms with E-state index in [0.29, 0.717) is 41.2 Å². The fraction of sp³-hybridized carbons (Fsp3) is 0.379. The lowest BCUT2D eigenvalue weighted by atomic mass is 10.00. The highest BCUT2D eigenvalue weighted by Gasteiger charge is 2.21. The Morgan fingerprint density at radius 1 is 1.03 bits per heavy atom. The molecule has 0 bridgehead atoms. The monoisotopic (exact) mass is 519 g/mol. The number of rotatable bonds is 6. The van der Waals surface area contributed by atoms with E-state index in [0.717, 1.165) is 57.1 Å². The van der Waals surface area contributed by atoms with Gasteiger partial charge in [-0.1, -0.05) is 12.1 Å². The lowest BCUT2D eigenvalue weighted by Crippen LogP contribution is -2.44. The minimum absolute atomic E-state index is 0.258. The fourth-order valence-corrected chi connectivity index (χ4v) is 5.04. The Hall–Kier alpha value is -3.53. The predicted molar refractivity (Wildman–Crippen MR) is 147 cm³/mol. The average Bonchev–Trinajstić information content (AvgIpc) is 2.91. The number of aromatic nitrogens is 1. The first-order valence-electron chi connectivity index (χ1n) is 13.0. The third kappa shape index (κ3) is 5.96. The maximum absolute atomic E-state index is 15.1. The quantitative estimate of drug-likeness (QED) is 0.520. The van der Waals surface area contributed by atoms with E-state index in [4.69, 9.17) is 4.74 Å². The van der Waals surface area contributed by atoms with E-state index in [1.807, 2.05) is 30.3 Å². The smallest absolute Gasteiger partial charge is 0.257 e. The molecule has 1 amide bonds. The zero-order valence-corrected chi connectivity index (χ0v) is 21.9. The van der Waals surface area contributed by atoms with E-state index in [9.17, 15) is 9.59 Å². The van der Waals surface area contributed by atoms with Crippen molar-refractivity contribution in [3.8, 4) is 11.1 Å². The summed E-state index contributed by atoms with van der Waals surface area (Å²) in [5.74, 6) is -0.635. The topological polar surface area (TPSA) is 80.9 Å². The van der Waals surface area contributed by atoms with Gasteiger partial charge in [-0.2, -0.15) is 0 Å². The highest BCUT2D eigenvalue weighted by Crippen LogP contribution is 2.34. The second kappa shape index (κ2) is 11.5. The Labute approximate surface area is 222 Å². The number of benzene rings is 2. The second-order valence-electron chi connectivity index (χ2n) is 10.1. The van der Waals surface area contributed by atoms with Crippen molar-refractivity contribution < 1.29 is 13.9 Å². The predicted octanol–water partition coefficient (Wildman–Crippen LogP) is 3.33. The van der Waals surface area contributed by atoms with Crippen LogP contribution in [0.3, 0.4) is 0 Å². The number of pyridine rings is 1. The number of morpholine rings is 1. The molecule has 8 nitrogen and oxygen atoms in total. The summed E-state index contributed by atoms with van der Waals surface area (Å²) in [6.07, 6.45) is 1.43. The lowest BCUT2D eigenvalue weighted by Gasteiger charge is -2.35. The van der Waals surface area contributed by atoms with Gasteiger partial charge < -0.3 is 24.8 Å². The molecule has 5 rings (SSSR count). The van der Waals surface area contributed by atoms with Crippen LogP contribution in [-0.4, -0.2) is 80.2 Å². The Balaban J connectivity index is 1.48. The van der Waals surface area contributed by atoms with Crippen molar-refractivity contribution in [2.75, 3.05) is 69.7 Å². The molecule has 0 spiro atoms. The van der Waals surface area contributed by atoms with E-state index in [1.54, 1.807) is 6.92 Å². The van der Waals surface area contributed by atoms with Crippen molar-refractivity contribution in [3.63, 3.8) is 0 Å². The molecule has 0 aliphatic carbocycles. The molecule has 2 aromatic carbocycles. The summed E-state index contributed by atoms with van der Waals surface area (Å²) in [5, 5.41) is 3.04. The largest absolute Gasteiger partial charge is 0.379 e. The number of ether oxygens (including phenoxy) is 1. The van der Waals surface area contributed by atoms with E-state index in [-0.39, 0.29) is 17.3 Å². The van der Waals surface area contributed by atoms with Gasteiger partial charge in [0.25, 0.3) is 5.91 Å². The highest BCUT2D eigenvalue weighted by atomic mass is 19.1. The lowest BCUT2D eigenvalue weighted by molar-refractivity contribution is 0.0342. The van der Waals surface area contributed by atoms with Gasteiger partial charge in [-0.05, 0) is 54.9 Å². The number of piperazine rings is 1. The molecule has 0 saturated carbocycles. The minimum atomic E-state index is -0.326. The number of carbonyl (C=O) groups excluding carboxylic acids is 1. The number of H-pyrrole nitrogens is 1. The second-order valence-corrected chi connectivity index (χ2v) is 10.1. The molecule has 2 fully saturated rings. The number of aryl methyl sites for hydroxylation is 1. The van der Waals surface area contributed by atoms with Crippen molar-refractivity contribution in [3.05, 3.63) is 81.5 Å². The number of anilines is 2. The zero-order chi connectivity index (χ0) is 26.6. The van der Waals surface area contributed by atoms with Gasteiger partial charge in [0.2, 0.25) is 5.56 Å². The number of likely N-dealkylation sites (N-methyl/N-ethyl adjacent to an activating group) is 1. The standard InChI is InChI=1S/C29H34FN5O3/c1-20-15-28(36)31-18-24(20)29(37)32-26-17-22(4-6-27(26)35-9-7-33(2)8-10-35)23-16-21(3-5-25(23)30)19-34-11-13-38-14-12-34/h3-6,15-18H,7-14,19H2,1-2H3,(H,31,36)(H,32,37). The van der Waals surface area contributed by atoms with Crippen LogP contribution < -0.4 is 15.8 Å². The van der Waals surface area contributed by atoms with Crippen LogP contribution in [0.1, 0.15) is 21.5 Å². The van der Waals surface area contributed by atoms with Crippen LogP contribution in [0.4, 0.5) is 15.8 Å². The van der Waals surface area contributed by atoms with Crippen LogP contribution in [0.15, 0.2) is 53.5 Å². The SMILES string of the molecule is Cc1cc(=O)[nH]cc1C(=O)Nc1cc(-c2cc(CN3CCOCC3)ccc2F)ccc1N1CCN(C)CC1. The molecule has 0 unspecified atom stereocenters. The summed E-state index contributed by atoms with van der Waals surface area (Å²) in [5.41, 5.74) is 4.44. The van der Waals surface area contributed by atoms with Crippen LogP contribution in [0.5, 0.6) is 0 Å². The van der Waals surface area contributed by atoms with Crippen LogP contribution in [0.25, 0.3) is 11.1 Å². The molecule has 1 aromatic heterocycles. The normalized spacial score (nSPS) is 17.0. The number of nitrogens with one attached hydrogen (secondary N) is 2. The molecule has 2 aliphatic rings. The van der Waals surface area contributed by atoms with Crippen molar-refractivity contribution in [1.82, 2.24) is 14.8 Å². The van der Waals surface area contributed by atoms with Crippen LogP contribution in [0, 0.1) is 12.7 Å². The van der Waals surface area contributed by atoms with Crippen LogP contribution in [0.2, 0.25) is 0 Å². The van der Waals surface area contributed by atoms with Gasteiger partial charge in [-0.3, -0.25) is 14.5 Å².